The molecular weight excluding hydrogens is 248 g/mol. The lowest BCUT2D eigenvalue weighted by molar-refractivity contribution is -0.115. The molecule has 0 radical (unpaired) electrons. The highest BCUT2D eigenvalue weighted by Crippen LogP contribution is 2.10. The second kappa shape index (κ2) is 5.65. The van der Waals surface area contributed by atoms with Gasteiger partial charge in [0, 0.05) is 11.9 Å². The molecule has 1 amide bonds. The van der Waals surface area contributed by atoms with E-state index >= 15 is 0 Å². The molecule has 0 aliphatic heterocycles. The number of nitrogens with zero attached hydrogens (tertiary/aromatic N) is 1. The number of carbonyl (C=O) groups is 1. The highest BCUT2D eigenvalue weighted by Gasteiger charge is 2.04. The van der Waals surface area contributed by atoms with E-state index in [1.165, 1.54) is 0 Å². The van der Waals surface area contributed by atoms with E-state index in [1.54, 1.807) is 18.3 Å². The summed E-state index contributed by atoms with van der Waals surface area (Å²) >= 11 is 5.68. The lowest BCUT2D eigenvalue weighted by atomic mass is 10.2. The number of hydrogen-bond donors (Lipinski definition) is 1. The molecular formula is C14H13ClN2O. The van der Waals surface area contributed by atoms with E-state index < -0.39 is 0 Å². The first-order valence-electron chi connectivity index (χ1n) is 5.60. The van der Waals surface area contributed by atoms with Crippen molar-refractivity contribution in [1.29, 1.82) is 0 Å². The van der Waals surface area contributed by atoms with Crippen molar-refractivity contribution in [2.45, 2.75) is 13.3 Å². The number of anilines is 1. The summed E-state index contributed by atoms with van der Waals surface area (Å²) in [5, 5.41) is 3.26. The van der Waals surface area contributed by atoms with Crippen molar-refractivity contribution in [3.63, 3.8) is 0 Å². The van der Waals surface area contributed by atoms with Crippen molar-refractivity contribution < 1.29 is 4.79 Å². The molecule has 2 rings (SSSR count). The molecule has 0 saturated heterocycles. The van der Waals surface area contributed by atoms with Crippen molar-refractivity contribution >= 4 is 23.2 Å². The maximum absolute atomic E-state index is 11.8. The summed E-state index contributed by atoms with van der Waals surface area (Å²) in [6.45, 7) is 2.00. The van der Waals surface area contributed by atoms with Gasteiger partial charge in [-0.15, -0.1) is 0 Å². The zero-order valence-electron chi connectivity index (χ0n) is 9.98. The number of halogens is 1. The average molecular weight is 261 g/mol. The number of rotatable bonds is 3. The molecule has 1 N–H and O–H groups in total. The Balaban J connectivity index is 1.96. The van der Waals surface area contributed by atoms with Gasteiger partial charge < -0.3 is 5.32 Å². The van der Waals surface area contributed by atoms with Crippen LogP contribution in [-0.4, -0.2) is 10.9 Å². The number of benzene rings is 1. The molecule has 1 aromatic carbocycles. The highest BCUT2D eigenvalue weighted by molar-refractivity contribution is 6.29. The van der Waals surface area contributed by atoms with Crippen LogP contribution in [-0.2, 0) is 11.2 Å². The fourth-order valence-electron chi connectivity index (χ4n) is 1.54. The minimum absolute atomic E-state index is 0.0667. The zero-order valence-corrected chi connectivity index (χ0v) is 10.7. The number of nitrogens with one attached hydrogen (secondary N) is 1. The van der Waals surface area contributed by atoms with E-state index in [9.17, 15) is 4.79 Å². The summed E-state index contributed by atoms with van der Waals surface area (Å²) in [5.74, 6) is -0.0667. The molecule has 3 nitrogen and oxygen atoms in total. The number of hydrogen-bond acceptors (Lipinski definition) is 2. The molecule has 2 aromatic rings. The van der Waals surface area contributed by atoms with E-state index in [0.29, 0.717) is 5.15 Å². The van der Waals surface area contributed by atoms with Gasteiger partial charge in [-0.3, -0.25) is 4.79 Å². The maximum Gasteiger partial charge on any atom is 0.228 e. The van der Waals surface area contributed by atoms with Crippen LogP contribution in [0.15, 0.2) is 42.6 Å². The van der Waals surface area contributed by atoms with Crippen molar-refractivity contribution in [3.05, 3.63) is 58.9 Å². The number of aromatic nitrogens is 1. The van der Waals surface area contributed by atoms with E-state index in [1.807, 2.05) is 31.2 Å². The first-order chi connectivity index (χ1) is 8.63. The van der Waals surface area contributed by atoms with E-state index in [2.05, 4.69) is 10.3 Å². The summed E-state index contributed by atoms with van der Waals surface area (Å²) < 4.78 is 0. The smallest absolute Gasteiger partial charge is 0.228 e. The number of amides is 1. The molecule has 0 bridgehead atoms. The Hall–Kier alpha value is -1.87. The minimum atomic E-state index is -0.0667. The molecule has 92 valence electrons. The highest BCUT2D eigenvalue weighted by atomic mass is 35.5. The van der Waals surface area contributed by atoms with E-state index in [-0.39, 0.29) is 12.3 Å². The van der Waals surface area contributed by atoms with Gasteiger partial charge in [0.05, 0.1) is 6.42 Å². The molecule has 1 aromatic heterocycles. The molecule has 0 saturated carbocycles. The molecule has 0 aliphatic rings. The van der Waals surface area contributed by atoms with Crippen LogP contribution in [0.4, 0.5) is 5.69 Å². The quantitative estimate of drug-likeness (QED) is 0.861. The fraction of sp³-hybridized carbons (Fsp3) is 0.143. The Morgan fingerprint density at radius 1 is 1.22 bits per heavy atom. The van der Waals surface area contributed by atoms with Crippen LogP contribution >= 0.6 is 11.6 Å². The van der Waals surface area contributed by atoms with Crippen LogP contribution in [0.1, 0.15) is 11.1 Å². The Morgan fingerprint density at radius 3 is 2.56 bits per heavy atom. The molecule has 0 fully saturated rings. The predicted molar refractivity (Wildman–Crippen MR) is 72.8 cm³/mol. The van der Waals surface area contributed by atoms with Gasteiger partial charge in [0.2, 0.25) is 5.91 Å². The van der Waals surface area contributed by atoms with Crippen LogP contribution in [0, 0.1) is 6.92 Å². The van der Waals surface area contributed by atoms with E-state index in [4.69, 9.17) is 11.6 Å². The van der Waals surface area contributed by atoms with Gasteiger partial charge in [0.25, 0.3) is 0 Å². The van der Waals surface area contributed by atoms with E-state index in [0.717, 1.165) is 16.8 Å². The van der Waals surface area contributed by atoms with Crippen LogP contribution in [0.3, 0.4) is 0 Å². The molecule has 1 heterocycles. The second-order valence-electron chi connectivity index (χ2n) is 4.08. The SMILES string of the molecule is Cc1ccc(NC(=O)Cc2ccc(Cl)nc2)cc1. The second-order valence-corrected chi connectivity index (χ2v) is 4.47. The van der Waals surface area contributed by atoms with Gasteiger partial charge in [-0.2, -0.15) is 0 Å². The van der Waals surface area contributed by atoms with Crippen LogP contribution in [0.2, 0.25) is 5.15 Å². The Kier molecular flexibility index (Phi) is 3.95. The number of pyridine rings is 1. The molecule has 0 spiro atoms. The largest absolute Gasteiger partial charge is 0.326 e. The van der Waals surface area contributed by atoms with Crippen LogP contribution in [0.5, 0.6) is 0 Å². The summed E-state index contributed by atoms with van der Waals surface area (Å²) in [6.07, 6.45) is 1.90. The summed E-state index contributed by atoms with van der Waals surface area (Å²) in [7, 11) is 0. The summed E-state index contributed by atoms with van der Waals surface area (Å²) in [6, 6.07) is 11.2. The summed E-state index contributed by atoms with van der Waals surface area (Å²) in [4.78, 5) is 15.7. The van der Waals surface area contributed by atoms with Gasteiger partial charge in [-0.25, -0.2) is 4.98 Å². The third-order valence-corrected chi connectivity index (χ3v) is 2.71. The first kappa shape index (κ1) is 12.6. The van der Waals surface area contributed by atoms with Crippen molar-refractivity contribution in [2.24, 2.45) is 0 Å². The number of carbonyl (C=O) groups excluding carboxylic acids is 1. The van der Waals surface area contributed by atoms with Crippen molar-refractivity contribution in [2.75, 3.05) is 5.32 Å². The van der Waals surface area contributed by atoms with Gasteiger partial charge in [0.1, 0.15) is 5.15 Å². The topological polar surface area (TPSA) is 42.0 Å². The first-order valence-corrected chi connectivity index (χ1v) is 5.98. The van der Waals surface area contributed by atoms with Gasteiger partial charge in [-0.05, 0) is 30.7 Å². The average Bonchev–Trinajstić information content (AvgIpc) is 2.35. The molecule has 4 heteroatoms. The maximum atomic E-state index is 11.8. The van der Waals surface area contributed by atoms with Gasteiger partial charge >= 0.3 is 0 Å². The molecule has 0 aliphatic carbocycles. The van der Waals surface area contributed by atoms with Crippen LogP contribution in [0.25, 0.3) is 0 Å². The number of aryl methyl sites for hydroxylation is 1. The molecule has 0 unspecified atom stereocenters. The lowest BCUT2D eigenvalue weighted by Crippen LogP contribution is -2.14. The fourth-order valence-corrected chi connectivity index (χ4v) is 1.65. The lowest BCUT2D eigenvalue weighted by Gasteiger charge is -2.05. The standard InChI is InChI=1S/C14H13ClN2O/c1-10-2-5-12(6-3-10)17-14(18)8-11-4-7-13(15)16-9-11/h2-7,9H,8H2,1H3,(H,17,18). The Morgan fingerprint density at radius 2 is 1.94 bits per heavy atom. The third kappa shape index (κ3) is 3.57. The van der Waals surface area contributed by atoms with Gasteiger partial charge in [0.15, 0.2) is 0 Å². The zero-order chi connectivity index (χ0) is 13.0. The Labute approximate surface area is 111 Å². The van der Waals surface area contributed by atoms with Crippen LogP contribution < -0.4 is 5.32 Å². The van der Waals surface area contributed by atoms with Gasteiger partial charge in [-0.1, -0.05) is 35.4 Å². The van der Waals surface area contributed by atoms with Crippen molar-refractivity contribution in [1.82, 2.24) is 4.98 Å². The van der Waals surface area contributed by atoms with Crippen molar-refractivity contribution in [3.8, 4) is 0 Å². The minimum Gasteiger partial charge on any atom is -0.326 e. The summed E-state index contributed by atoms with van der Waals surface area (Å²) in [5.41, 5.74) is 2.80. The normalized spacial score (nSPS) is 10.1. The predicted octanol–water partition coefficient (Wildman–Crippen LogP) is 3.22. The third-order valence-electron chi connectivity index (χ3n) is 2.49. The molecule has 0 atom stereocenters. The molecule has 18 heavy (non-hydrogen) atoms. The Bertz CT molecular complexity index is 485. The monoisotopic (exact) mass is 260 g/mol.